The quantitative estimate of drug-likeness (QED) is 0.938. The summed E-state index contributed by atoms with van der Waals surface area (Å²) in [4.78, 5) is 6.99. The van der Waals surface area contributed by atoms with E-state index in [1.165, 1.54) is 17.7 Å². The maximum absolute atomic E-state index is 10.4. The predicted molar refractivity (Wildman–Crippen MR) is 82.9 cm³/mol. The van der Waals surface area contributed by atoms with Crippen molar-refractivity contribution in [2.45, 2.75) is 38.7 Å². The third-order valence-corrected chi connectivity index (χ3v) is 4.78. The number of aliphatic hydroxyl groups is 1. The molecule has 0 saturated carbocycles. The second-order valence-electron chi connectivity index (χ2n) is 6.50. The molecule has 1 N–H and O–H groups in total. The molecule has 4 rings (SSSR count). The number of β-amino-alcohol motifs (C(OH)–C–C–N with tert-alkyl or cyclic N) is 1. The van der Waals surface area contributed by atoms with E-state index in [0.29, 0.717) is 6.54 Å². The van der Waals surface area contributed by atoms with Gasteiger partial charge in [-0.2, -0.15) is 0 Å². The van der Waals surface area contributed by atoms with Gasteiger partial charge in [-0.05, 0) is 37.8 Å². The minimum absolute atomic E-state index is 0.169. The van der Waals surface area contributed by atoms with Crippen LogP contribution in [0.2, 0.25) is 0 Å². The first kappa shape index (κ1) is 13.8. The van der Waals surface area contributed by atoms with Gasteiger partial charge < -0.3 is 14.5 Å². The molecule has 2 aromatic heterocycles. The summed E-state index contributed by atoms with van der Waals surface area (Å²) >= 11 is 0. The molecule has 0 unspecified atom stereocenters. The molecule has 116 valence electrons. The third kappa shape index (κ3) is 2.50. The zero-order chi connectivity index (χ0) is 15.1. The highest BCUT2D eigenvalue weighted by molar-refractivity contribution is 5.44. The number of fused-ring (bicyclic) bond motifs is 1. The first-order valence-corrected chi connectivity index (χ1v) is 8.03. The summed E-state index contributed by atoms with van der Waals surface area (Å²) in [5.41, 5.74) is 3.51. The first-order chi connectivity index (χ1) is 10.7. The molecular formula is C17H21N3O2. The Morgan fingerprint density at radius 2 is 2.23 bits per heavy atom. The number of aryl methyl sites for hydroxylation is 3. The van der Waals surface area contributed by atoms with Crippen LogP contribution in [0.15, 0.2) is 22.7 Å². The maximum Gasteiger partial charge on any atom is 0.137 e. The van der Waals surface area contributed by atoms with Crippen molar-refractivity contribution in [2.24, 2.45) is 5.92 Å². The monoisotopic (exact) mass is 299 g/mol. The van der Waals surface area contributed by atoms with Crippen LogP contribution >= 0.6 is 0 Å². The summed E-state index contributed by atoms with van der Waals surface area (Å²) in [5, 5.41) is 14.3. The zero-order valence-corrected chi connectivity index (χ0v) is 12.8. The average Bonchev–Trinajstić information content (AvgIpc) is 3.20. The van der Waals surface area contributed by atoms with Crippen molar-refractivity contribution in [3.63, 3.8) is 0 Å². The SMILES string of the molecule is Cc1cc(C[C@@H]2CN(c3ccc4c(n3)CCC4)C[C@@H]2O)on1. The number of pyridine rings is 1. The number of hydrogen-bond acceptors (Lipinski definition) is 5. The molecule has 0 amide bonds. The van der Waals surface area contributed by atoms with E-state index in [4.69, 9.17) is 9.51 Å². The highest BCUT2D eigenvalue weighted by Crippen LogP contribution is 2.28. The van der Waals surface area contributed by atoms with Crippen molar-refractivity contribution < 1.29 is 9.63 Å². The van der Waals surface area contributed by atoms with Gasteiger partial charge in [0.1, 0.15) is 11.6 Å². The largest absolute Gasteiger partial charge is 0.391 e. The molecule has 2 aromatic rings. The summed E-state index contributed by atoms with van der Waals surface area (Å²) in [6.07, 6.45) is 3.82. The van der Waals surface area contributed by atoms with Crippen LogP contribution in [-0.2, 0) is 19.3 Å². The van der Waals surface area contributed by atoms with Gasteiger partial charge in [-0.3, -0.25) is 0 Å². The van der Waals surface area contributed by atoms with Crippen molar-refractivity contribution in [1.29, 1.82) is 0 Å². The van der Waals surface area contributed by atoms with E-state index in [2.05, 4.69) is 22.2 Å². The van der Waals surface area contributed by atoms with Crippen LogP contribution in [0.3, 0.4) is 0 Å². The minimum atomic E-state index is -0.347. The van der Waals surface area contributed by atoms with Gasteiger partial charge in [0, 0.05) is 37.2 Å². The number of hydrogen-bond donors (Lipinski definition) is 1. The Hall–Kier alpha value is -1.88. The molecule has 0 bridgehead atoms. The van der Waals surface area contributed by atoms with Gasteiger partial charge in [0.2, 0.25) is 0 Å². The van der Waals surface area contributed by atoms with Crippen LogP contribution in [-0.4, -0.2) is 34.4 Å². The Morgan fingerprint density at radius 3 is 3.05 bits per heavy atom. The maximum atomic E-state index is 10.4. The van der Waals surface area contributed by atoms with Crippen LogP contribution in [0.5, 0.6) is 0 Å². The molecule has 1 aliphatic carbocycles. The lowest BCUT2D eigenvalue weighted by Gasteiger charge is -2.17. The Morgan fingerprint density at radius 1 is 1.32 bits per heavy atom. The molecule has 22 heavy (non-hydrogen) atoms. The Bertz CT molecular complexity index is 682. The fourth-order valence-electron chi connectivity index (χ4n) is 3.60. The van der Waals surface area contributed by atoms with E-state index in [1.54, 1.807) is 0 Å². The Kier molecular flexibility index (Phi) is 3.37. The lowest BCUT2D eigenvalue weighted by atomic mass is 10.0. The van der Waals surface area contributed by atoms with E-state index in [1.807, 2.05) is 13.0 Å². The Balaban J connectivity index is 1.48. The van der Waals surface area contributed by atoms with Crippen LogP contribution in [0.1, 0.15) is 29.1 Å². The van der Waals surface area contributed by atoms with E-state index in [9.17, 15) is 5.11 Å². The molecule has 3 heterocycles. The van der Waals surface area contributed by atoms with Crippen molar-refractivity contribution in [3.05, 3.63) is 40.9 Å². The van der Waals surface area contributed by atoms with Crippen molar-refractivity contribution in [3.8, 4) is 0 Å². The predicted octanol–water partition coefficient (Wildman–Crippen LogP) is 1.91. The van der Waals surface area contributed by atoms with E-state index >= 15 is 0 Å². The summed E-state index contributed by atoms with van der Waals surface area (Å²) in [6, 6.07) is 6.24. The lowest BCUT2D eigenvalue weighted by molar-refractivity contribution is 0.143. The highest BCUT2D eigenvalue weighted by Gasteiger charge is 2.33. The summed E-state index contributed by atoms with van der Waals surface area (Å²) in [7, 11) is 0. The molecule has 5 nitrogen and oxygen atoms in total. The molecule has 1 aliphatic heterocycles. The van der Waals surface area contributed by atoms with Crippen molar-refractivity contribution >= 4 is 5.82 Å². The molecule has 0 aromatic carbocycles. The van der Waals surface area contributed by atoms with Gasteiger partial charge in [-0.25, -0.2) is 4.98 Å². The van der Waals surface area contributed by atoms with Crippen LogP contribution in [0, 0.1) is 12.8 Å². The molecule has 1 saturated heterocycles. The highest BCUT2D eigenvalue weighted by atomic mass is 16.5. The molecule has 0 radical (unpaired) electrons. The summed E-state index contributed by atoms with van der Waals surface area (Å²) < 4.78 is 5.28. The Labute approximate surface area is 130 Å². The topological polar surface area (TPSA) is 62.4 Å². The zero-order valence-electron chi connectivity index (χ0n) is 12.8. The number of aliphatic hydroxyl groups excluding tert-OH is 1. The molecule has 2 atom stereocenters. The van der Waals surface area contributed by atoms with E-state index < -0.39 is 0 Å². The number of aromatic nitrogens is 2. The van der Waals surface area contributed by atoms with Gasteiger partial charge in [0.05, 0.1) is 11.8 Å². The standard InChI is InChI=1S/C17H21N3O2/c1-11-7-14(22-19-11)8-13-9-20(10-16(13)21)17-6-5-12-3-2-4-15(12)18-17/h5-7,13,16,21H,2-4,8-10H2,1H3/t13-,16+/m1/s1. The van der Waals surface area contributed by atoms with Crippen LogP contribution in [0.25, 0.3) is 0 Å². The van der Waals surface area contributed by atoms with Crippen molar-refractivity contribution in [2.75, 3.05) is 18.0 Å². The second kappa shape index (κ2) is 5.39. The van der Waals surface area contributed by atoms with Crippen molar-refractivity contribution in [1.82, 2.24) is 10.1 Å². The average molecular weight is 299 g/mol. The number of anilines is 1. The van der Waals surface area contributed by atoms with E-state index in [0.717, 1.165) is 43.1 Å². The van der Waals surface area contributed by atoms with E-state index in [-0.39, 0.29) is 12.0 Å². The normalized spacial score (nSPS) is 24.0. The second-order valence-corrected chi connectivity index (χ2v) is 6.50. The van der Waals surface area contributed by atoms with Gasteiger partial charge in [-0.1, -0.05) is 11.2 Å². The van der Waals surface area contributed by atoms with Gasteiger partial charge in [-0.15, -0.1) is 0 Å². The smallest absolute Gasteiger partial charge is 0.137 e. The minimum Gasteiger partial charge on any atom is -0.391 e. The molecule has 5 heteroatoms. The lowest BCUT2D eigenvalue weighted by Crippen LogP contribution is -2.22. The molecule has 2 aliphatic rings. The third-order valence-electron chi connectivity index (χ3n) is 4.78. The molecular weight excluding hydrogens is 278 g/mol. The molecule has 0 spiro atoms. The van der Waals surface area contributed by atoms with Crippen LogP contribution < -0.4 is 4.90 Å². The van der Waals surface area contributed by atoms with Crippen LogP contribution in [0.4, 0.5) is 5.82 Å². The number of nitrogens with zero attached hydrogens (tertiary/aromatic N) is 3. The fourth-order valence-corrected chi connectivity index (χ4v) is 3.60. The molecule has 1 fully saturated rings. The first-order valence-electron chi connectivity index (χ1n) is 8.03. The number of rotatable bonds is 3. The summed E-state index contributed by atoms with van der Waals surface area (Å²) in [6.45, 7) is 3.37. The van der Waals surface area contributed by atoms with Gasteiger partial charge >= 0.3 is 0 Å². The summed E-state index contributed by atoms with van der Waals surface area (Å²) in [5.74, 6) is 2.02. The fraction of sp³-hybridized carbons (Fsp3) is 0.529. The van der Waals surface area contributed by atoms with Gasteiger partial charge in [0.25, 0.3) is 0 Å². The van der Waals surface area contributed by atoms with Gasteiger partial charge in [0.15, 0.2) is 0 Å².